The minimum absolute atomic E-state index is 0.0390. The van der Waals surface area contributed by atoms with Crippen LogP contribution in [0.3, 0.4) is 0 Å². The van der Waals surface area contributed by atoms with Gasteiger partial charge in [-0.3, -0.25) is 14.4 Å². The number of rotatable bonds is 5. The number of aryl methyl sites for hydroxylation is 1. The van der Waals surface area contributed by atoms with Crippen molar-refractivity contribution in [1.29, 1.82) is 0 Å². The number of halogens is 1. The van der Waals surface area contributed by atoms with E-state index in [1.165, 1.54) is 18.2 Å². The third kappa shape index (κ3) is 5.41. The summed E-state index contributed by atoms with van der Waals surface area (Å²) in [5.41, 5.74) is 1.91. The first kappa shape index (κ1) is 23.0. The number of nitrogens with one attached hydrogen (secondary N) is 1. The summed E-state index contributed by atoms with van der Waals surface area (Å²) in [5, 5.41) is 3.00. The lowest BCUT2D eigenvalue weighted by molar-refractivity contribution is -0.134. The Bertz CT molecular complexity index is 1010. The zero-order valence-corrected chi connectivity index (χ0v) is 18.9. The van der Waals surface area contributed by atoms with E-state index >= 15 is 0 Å². The minimum Gasteiger partial charge on any atom is -0.341 e. The van der Waals surface area contributed by atoms with Gasteiger partial charge in [-0.2, -0.15) is 0 Å². The molecule has 0 spiro atoms. The number of nitrogens with zero attached hydrogens (tertiary/aromatic N) is 2. The molecular formula is C26H30FN3O3. The summed E-state index contributed by atoms with van der Waals surface area (Å²) in [4.78, 5) is 42.6. The van der Waals surface area contributed by atoms with Gasteiger partial charge in [0.15, 0.2) is 0 Å². The number of carbonyl (C=O) groups excluding carboxylic acids is 3. The van der Waals surface area contributed by atoms with Crippen LogP contribution in [0.15, 0.2) is 48.5 Å². The lowest BCUT2D eigenvalue weighted by Gasteiger charge is -2.37. The highest BCUT2D eigenvalue weighted by atomic mass is 19.1. The molecule has 0 aliphatic carbocycles. The lowest BCUT2D eigenvalue weighted by Crippen LogP contribution is -2.54. The van der Waals surface area contributed by atoms with Gasteiger partial charge in [0.25, 0.3) is 11.8 Å². The van der Waals surface area contributed by atoms with Gasteiger partial charge in [-0.05, 0) is 68.9 Å². The number of benzene rings is 2. The van der Waals surface area contributed by atoms with Crippen molar-refractivity contribution in [3.63, 3.8) is 0 Å². The van der Waals surface area contributed by atoms with E-state index in [4.69, 9.17) is 0 Å². The second-order valence-electron chi connectivity index (χ2n) is 8.99. The van der Waals surface area contributed by atoms with E-state index in [2.05, 4.69) is 5.32 Å². The quantitative estimate of drug-likeness (QED) is 0.758. The summed E-state index contributed by atoms with van der Waals surface area (Å²) in [5.74, 6) is -1.01. The first-order chi connectivity index (χ1) is 15.9. The Morgan fingerprint density at radius 3 is 2.21 bits per heavy atom. The minimum atomic E-state index is -0.622. The first-order valence-electron chi connectivity index (χ1n) is 11.6. The van der Waals surface area contributed by atoms with E-state index in [0.29, 0.717) is 50.1 Å². The van der Waals surface area contributed by atoms with E-state index in [9.17, 15) is 18.8 Å². The van der Waals surface area contributed by atoms with E-state index in [1.54, 1.807) is 23.1 Å². The molecule has 0 radical (unpaired) electrons. The number of carbonyl (C=O) groups is 3. The van der Waals surface area contributed by atoms with Crippen molar-refractivity contribution >= 4 is 17.7 Å². The van der Waals surface area contributed by atoms with Crippen molar-refractivity contribution < 1.29 is 18.8 Å². The molecule has 2 fully saturated rings. The van der Waals surface area contributed by atoms with Crippen molar-refractivity contribution in [1.82, 2.24) is 15.1 Å². The van der Waals surface area contributed by atoms with Gasteiger partial charge in [-0.15, -0.1) is 0 Å². The SMILES string of the molecule is Cc1ccc(C(=O)NC(C(=O)N2CCCC2)C2CCN(C(=O)c3cccc(F)c3)CC2)cc1. The number of hydrogen-bond donors (Lipinski definition) is 1. The summed E-state index contributed by atoms with van der Waals surface area (Å²) in [7, 11) is 0. The largest absolute Gasteiger partial charge is 0.341 e. The highest BCUT2D eigenvalue weighted by Crippen LogP contribution is 2.25. The van der Waals surface area contributed by atoms with Gasteiger partial charge in [-0.25, -0.2) is 4.39 Å². The van der Waals surface area contributed by atoms with Gasteiger partial charge >= 0.3 is 0 Å². The molecule has 2 aromatic rings. The van der Waals surface area contributed by atoms with Crippen LogP contribution < -0.4 is 5.32 Å². The molecule has 1 atom stereocenters. The normalized spacial score (nSPS) is 17.6. The van der Waals surface area contributed by atoms with Crippen LogP contribution in [0, 0.1) is 18.7 Å². The zero-order valence-electron chi connectivity index (χ0n) is 18.9. The zero-order chi connectivity index (χ0) is 23.4. The molecule has 2 aliphatic heterocycles. The fourth-order valence-corrected chi connectivity index (χ4v) is 4.68. The fraction of sp³-hybridized carbons (Fsp3) is 0.423. The average molecular weight is 452 g/mol. The molecule has 174 valence electrons. The van der Waals surface area contributed by atoms with Crippen LogP contribution in [0.1, 0.15) is 52.0 Å². The van der Waals surface area contributed by atoms with Crippen molar-refractivity contribution in [3.8, 4) is 0 Å². The second kappa shape index (κ2) is 10.1. The lowest BCUT2D eigenvalue weighted by atomic mass is 9.88. The van der Waals surface area contributed by atoms with Crippen LogP contribution in [0.4, 0.5) is 4.39 Å². The molecule has 33 heavy (non-hydrogen) atoms. The molecule has 1 unspecified atom stereocenters. The maximum Gasteiger partial charge on any atom is 0.253 e. The van der Waals surface area contributed by atoms with Crippen LogP contribution >= 0.6 is 0 Å². The molecule has 2 aliphatic rings. The maximum atomic E-state index is 13.5. The third-order valence-electron chi connectivity index (χ3n) is 6.65. The molecule has 2 heterocycles. The Morgan fingerprint density at radius 1 is 0.909 bits per heavy atom. The van der Waals surface area contributed by atoms with Gasteiger partial charge in [-0.1, -0.05) is 23.8 Å². The van der Waals surface area contributed by atoms with Crippen molar-refractivity contribution in [2.75, 3.05) is 26.2 Å². The molecule has 1 N–H and O–H groups in total. The Kier molecular flexibility index (Phi) is 7.06. The number of likely N-dealkylation sites (tertiary alicyclic amines) is 2. The Balaban J connectivity index is 1.45. The fourth-order valence-electron chi connectivity index (χ4n) is 4.68. The summed E-state index contributed by atoms with van der Waals surface area (Å²) < 4.78 is 13.5. The van der Waals surface area contributed by atoms with Crippen LogP contribution in [-0.2, 0) is 4.79 Å². The Labute approximate surface area is 193 Å². The van der Waals surface area contributed by atoms with Crippen LogP contribution in [0.5, 0.6) is 0 Å². The van der Waals surface area contributed by atoms with E-state index in [-0.39, 0.29) is 23.6 Å². The van der Waals surface area contributed by atoms with Crippen LogP contribution in [-0.4, -0.2) is 59.7 Å². The molecule has 7 heteroatoms. The maximum absolute atomic E-state index is 13.5. The van der Waals surface area contributed by atoms with Gasteiger partial charge in [0.05, 0.1) is 0 Å². The molecule has 0 aromatic heterocycles. The standard InChI is InChI=1S/C26H30FN3O3/c1-18-7-9-20(10-8-18)24(31)28-23(26(33)29-13-2-3-14-29)19-11-15-30(16-12-19)25(32)21-5-4-6-22(27)17-21/h4-10,17,19,23H,2-3,11-16H2,1H3,(H,28,31). The number of hydrogen-bond acceptors (Lipinski definition) is 3. The molecule has 0 bridgehead atoms. The smallest absolute Gasteiger partial charge is 0.253 e. The number of amides is 3. The topological polar surface area (TPSA) is 69.7 Å². The Morgan fingerprint density at radius 2 is 1.58 bits per heavy atom. The predicted molar refractivity (Wildman–Crippen MR) is 123 cm³/mol. The van der Waals surface area contributed by atoms with Crippen molar-refractivity contribution in [2.45, 2.75) is 38.6 Å². The summed E-state index contributed by atoms with van der Waals surface area (Å²) in [6, 6.07) is 12.4. The highest BCUT2D eigenvalue weighted by molar-refractivity contribution is 5.98. The highest BCUT2D eigenvalue weighted by Gasteiger charge is 2.37. The Hall–Kier alpha value is -3.22. The molecule has 4 rings (SSSR count). The third-order valence-corrected chi connectivity index (χ3v) is 6.65. The van der Waals surface area contributed by atoms with E-state index in [1.807, 2.05) is 24.0 Å². The molecular weight excluding hydrogens is 421 g/mol. The summed E-state index contributed by atoms with van der Waals surface area (Å²) in [6.07, 6.45) is 3.15. The van der Waals surface area contributed by atoms with Gasteiger partial charge in [0.1, 0.15) is 11.9 Å². The van der Waals surface area contributed by atoms with Crippen molar-refractivity contribution in [2.24, 2.45) is 5.92 Å². The van der Waals surface area contributed by atoms with E-state index < -0.39 is 11.9 Å². The van der Waals surface area contributed by atoms with Crippen LogP contribution in [0.25, 0.3) is 0 Å². The average Bonchev–Trinajstić information content (AvgIpc) is 3.37. The molecule has 6 nitrogen and oxygen atoms in total. The summed E-state index contributed by atoms with van der Waals surface area (Å²) >= 11 is 0. The van der Waals surface area contributed by atoms with Crippen molar-refractivity contribution in [3.05, 3.63) is 71.0 Å². The van der Waals surface area contributed by atoms with E-state index in [0.717, 1.165) is 18.4 Å². The molecule has 2 aromatic carbocycles. The summed E-state index contributed by atoms with van der Waals surface area (Å²) in [6.45, 7) is 4.31. The van der Waals surface area contributed by atoms with Gasteiger partial charge in [0, 0.05) is 37.3 Å². The van der Waals surface area contributed by atoms with Gasteiger partial charge in [0.2, 0.25) is 5.91 Å². The van der Waals surface area contributed by atoms with Crippen LogP contribution in [0.2, 0.25) is 0 Å². The van der Waals surface area contributed by atoms with Gasteiger partial charge < -0.3 is 15.1 Å². The first-order valence-corrected chi connectivity index (χ1v) is 11.6. The second-order valence-corrected chi connectivity index (χ2v) is 8.99. The molecule has 2 saturated heterocycles. The molecule has 3 amide bonds. The predicted octanol–water partition coefficient (Wildman–Crippen LogP) is 3.41. The molecule has 0 saturated carbocycles. The monoisotopic (exact) mass is 451 g/mol. The number of piperidine rings is 1.